The first-order valence-electron chi connectivity index (χ1n) is 10.5. The van der Waals surface area contributed by atoms with Gasteiger partial charge in [-0.2, -0.15) is 0 Å². The zero-order valence-corrected chi connectivity index (χ0v) is 17.2. The van der Waals surface area contributed by atoms with E-state index in [9.17, 15) is 4.79 Å². The molecule has 2 N–H and O–H groups in total. The van der Waals surface area contributed by atoms with Gasteiger partial charge in [-0.3, -0.25) is 4.79 Å². The summed E-state index contributed by atoms with van der Waals surface area (Å²) in [5.74, 6) is 0.564. The average Bonchev–Trinajstić information content (AvgIpc) is 3.50. The lowest BCUT2D eigenvalue weighted by atomic mass is 9.97. The number of amides is 1. The summed E-state index contributed by atoms with van der Waals surface area (Å²) in [5.41, 5.74) is 12.7. The zero-order valence-electron chi connectivity index (χ0n) is 17.2. The van der Waals surface area contributed by atoms with Crippen LogP contribution in [0.3, 0.4) is 0 Å². The molecule has 0 saturated heterocycles. The normalized spacial score (nSPS) is 16.0. The predicted octanol–water partition coefficient (Wildman–Crippen LogP) is 4.86. The maximum absolute atomic E-state index is 13.5. The van der Waals surface area contributed by atoms with Gasteiger partial charge in [0, 0.05) is 36.1 Å². The third kappa shape index (κ3) is 2.63. The van der Waals surface area contributed by atoms with Gasteiger partial charge in [-0.1, -0.05) is 42.5 Å². The van der Waals surface area contributed by atoms with E-state index in [2.05, 4.69) is 46.1 Å². The van der Waals surface area contributed by atoms with E-state index < -0.39 is 0 Å². The Morgan fingerprint density at radius 1 is 0.903 bits per heavy atom. The van der Waals surface area contributed by atoms with Gasteiger partial charge in [0.25, 0.3) is 5.91 Å². The number of fused-ring (bicyclic) bond motifs is 4. The van der Waals surface area contributed by atoms with E-state index in [1.165, 1.54) is 5.56 Å². The van der Waals surface area contributed by atoms with Gasteiger partial charge < -0.3 is 15.2 Å². The van der Waals surface area contributed by atoms with Crippen LogP contribution in [0.1, 0.15) is 28.9 Å². The van der Waals surface area contributed by atoms with Crippen LogP contribution < -0.4 is 5.73 Å². The number of benzene rings is 2. The maximum atomic E-state index is 13.5. The van der Waals surface area contributed by atoms with E-state index in [4.69, 9.17) is 5.73 Å². The van der Waals surface area contributed by atoms with Crippen LogP contribution in [0.4, 0.5) is 5.82 Å². The van der Waals surface area contributed by atoms with Gasteiger partial charge in [0.05, 0.1) is 11.2 Å². The number of aromatic nitrogens is 2. The van der Waals surface area contributed by atoms with E-state index in [1.807, 2.05) is 48.3 Å². The Hall–Kier alpha value is -3.86. The van der Waals surface area contributed by atoms with Crippen LogP contribution in [0.2, 0.25) is 0 Å². The van der Waals surface area contributed by atoms with E-state index in [-0.39, 0.29) is 11.4 Å². The van der Waals surface area contributed by atoms with E-state index in [1.54, 1.807) is 6.20 Å². The topological polar surface area (TPSA) is 64.2 Å². The highest BCUT2D eigenvalue weighted by Gasteiger charge is 2.53. The van der Waals surface area contributed by atoms with Gasteiger partial charge in [0.2, 0.25) is 0 Å². The van der Waals surface area contributed by atoms with Crippen LogP contribution in [0.5, 0.6) is 0 Å². The Morgan fingerprint density at radius 3 is 2.39 bits per heavy atom. The Balaban J connectivity index is 1.59. The molecule has 1 spiro atoms. The summed E-state index contributed by atoms with van der Waals surface area (Å²) in [6.07, 6.45) is 5.86. The first-order chi connectivity index (χ1) is 15.1. The molecule has 0 atom stereocenters. The minimum Gasteiger partial charge on any atom is -0.384 e. The number of nitrogens with zero attached hydrogens (tertiary/aromatic N) is 3. The molecular weight excluding hydrogens is 384 g/mol. The molecule has 4 aromatic rings. The van der Waals surface area contributed by atoms with Crippen LogP contribution in [0.15, 0.2) is 79.1 Å². The van der Waals surface area contributed by atoms with Crippen LogP contribution >= 0.6 is 0 Å². The molecule has 5 nitrogen and oxygen atoms in total. The second kappa shape index (κ2) is 6.32. The molecule has 3 heterocycles. The lowest BCUT2D eigenvalue weighted by Gasteiger charge is -2.27. The molecule has 1 saturated carbocycles. The van der Waals surface area contributed by atoms with Gasteiger partial charge in [-0.15, -0.1) is 0 Å². The van der Waals surface area contributed by atoms with Crippen LogP contribution in [0, 0.1) is 0 Å². The molecule has 1 aliphatic heterocycles. The van der Waals surface area contributed by atoms with Gasteiger partial charge in [0.15, 0.2) is 0 Å². The molecule has 31 heavy (non-hydrogen) atoms. The molecule has 6 rings (SSSR count). The Kier molecular flexibility index (Phi) is 3.66. The standard InChI is InChI=1S/C26H22N4O/c1-29-25(31)23-14-20(17-5-3-2-4-6-17)16-30(23)22-13-18(19-8-10-24(27)28-15-19)7-9-21(22)26(29)11-12-26/h2-10,13-16H,11-12H2,1H3,(H2,27,28). The van der Waals surface area contributed by atoms with Gasteiger partial charge >= 0.3 is 0 Å². The highest BCUT2D eigenvalue weighted by atomic mass is 16.2. The quantitative estimate of drug-likeness (QED) is 0.517. The van der Waals surface area contributed by atoms with Crippen molar-refractivity contribution in [3.05, 3.63) is 90.4 Å². The van der Waals surface area contributed by atoms with Gasteiger partial charge in [-0.25, -0.2) is 4.98 Å². The van der Waals surface area contributed by atoms with Crippen LogP contribution in [-0.4, -0.2) is 27.4 Å². The van der Waals surface area contributed by atoms with Crippen molar-refractivity contribution in [3.63, 3.8) is 0 Å². The van der Waals surface area contributed by atoms with Crippen molar-refractivity contribution in [1.29, 1.82) is 0 Å². The van der Waals surface area contributed by atoms with Crippen molar-refractivity contribution in [2.75, 3.05) is 12.8 Å². The molecule has 152 valence electrons. The maximum Gasteiger partial charge on any atom is 0.271 e. The van der Waals surface area contributed by atoms with Crippen molar-refractivity contribution in [1.82, 2.24) is 14.5 Å². The molecule has 1 amide bonds. The lowest BCUT2D eigenvalue weighted by molar-refractivity contribution is 0.0705. The molecule has 2 aliphatic rings. The number of hydrogen-bond donors (Lipinski definition) is 1. The summed E-state index contributed by atoms with van der Waals surface area (Å²) in [5, 5.41) is 0. The Morgan fingerprint density at radius 2 is 1.68 bits per heavy atom. The lowest BCUT2D eigenvalue weighted by Crippen LogP contribution is -2.36. The molecule has 0 radical (unpaired) electrons. The third-order valence-corrected chi connectivity index (χ3v) is 6.69. The van der Waals surface area contributed by atoms with Crippen molar-refractivity contribution in [2.24, 2.45) is 0 Å². The summed E-state index contributed by atoms with van der Waals surface area (Å²) in [7, 11) is 1.93. The molecule has 1 fully saturated rings. The molecule has 0 unspecified atom stereocenters. The number of carbonyl (C=O) groups excluding carboxylic acids is 1. The van der Waals surface area contributed by atoms with Crippen LogP contribution in [0.25, 0.3) is 27.9 Å². The van der Waals surface area contributed by atoms with E-state index in [0.717, 1.165) is 40.8 Å². The van der Waals surface area contributed by atoms with Crippen molar-refractivity contribution in [2.45, 2.75) is 18.4 Å². The SMILES string of the molecule is CN1C(=O)c2cc(-c3ccccc3)cn2-c2cc(-c3ccc(N)nc3)ccc2C12CC2. The first-order valence-corrected chi connectivity index (χ1v) is 10.5. The zero-order chi connectivity index (χ0) is 21.2. The van der Waals surface area contributed by atoms with Crippen LogP contribution in [-0.2, 0) is 5.54 Å². The van der Waals surface area contributed by atoms with Gasteiger partial charge in [0.1, 0.15) is 11.5 Å². The monoisotopic (exact) mass is 406 g/mol. The van der Waals surface area contributed by atoms with E-state index in [0.29, 0.717) is 11.5 Å². The number of anilines is 1. The second-order valence-corrected chi connectivity index (χ2v) is 8.45. The Labute approximate surface area is 180 Å². The molecular formula is C26H22N4O. The molecule has 5 heteroatoms. The highest BCUT2D eigenvalue weighted by Crippen LogP contribution is 2.54. The number of nitrogen functional groups attached to an aromatic ring is 1. The Bertz CT molecular complexity index is 1320. The summed E-state index contributed by atoms with van der Waals surface area (Å²) in [4.78, 5) is 19.7. The van der Waals surface area contributed by atoms with Crippen molar-refractivity contribution in [3.8, 4) is 27.9 Å². The molecule has 2 aromatic heterocycles. The predicted molar refractivity (Wildman–Crippen MR) is 122 cm³/mol. The second-order valence-electron chi connectivity index (χ2n) is 8.45. The largest absolute Gasteiger partial charge is 0.384 e. The summed E-state index contributed by atoms with van der Waals surface area (Å²) in [6.45, 7) is 0. The minimum absolute atomic E-state index is 0.0617. The third-order valence-electron chi connectivity index (χ3n) is 6.69. The highest BCUT2D eigenvalue weighted by molar-refractivity contribution is 5.97. The van der Waals surface area contributed by atoms with E-state index >= 15 is 0 Å². The molecule has 2 aromatic carbocycles. The fourth-order valence-electron chi connectivity index (χ4n) is 4.77. The minimum atomic E-state index is -0.212. The first kappa shape index (κ1) is 18.0. The average molecular weight is 406 g/mol. The molecule has 1 aliphatic carbocycles. The number of rotatable bonds is 2. The van der Waals surface area contributed by atoms with Crippen molar-refractivity contribution < 1.29 is 4.79 Å². The van der Waals surface area contributed by atoms with Crippen molar-refractivity contribution >= 4 is 11.7 Å². The number of hydrogen-bond acceptors (Lipinski definition) is 3. The fraction of sp³-hybridized carbons (Fsp3) is 0.154. The summed E-state index contributed by atoms with van der Waals surface area (Å²) in [6, 6.07) is 22.5. The summed E-state index contributed by atoms with van der Waals surface area (Å²) < 4.78 is 2.07. The smallest absolute Gasteiger partial charge is 0.271 e. The molecule has 0 bridgehead atoms. The van der Waals surface area contributed by atoms with Gasteiger partial charge in [-0.05, 0) is 48.2 Å². The number of nitrogens with two attached hydrogens (primary N) is 1. The summed E-state index contributed by atoms with van der Waals surface area (Å²) >= 11 is 0. The number of carbonyl (C=O) groups is 1. The fourth-order valence-corrected chi connectivity index (χ4v) is 4.77. The number of pyridine rings is 1.